The monoisotopic (exact) mass is 265 g/mol. The average Bonchev–Trinajstić information content (AvgIpc) is 2.97. The minimum absolute atomic E-state index is 0.0473. The van der Waals surface area contributed by atoms with Crippen LogP contribution < -0.4 is 5.32 Å². The van der Waals surface area contributed by atoms with Crippen molar-refractivity contribution in [2.24, 2.45) is 5.92 Å². The van der Waals surface area contributed by atoms with Crippen molar-refractivity contribution in [2.45, 2.75) is 18.4 Å². The number of anilines is 1. The van der Waals surface area contributed by atoms with Crippen LogP contribution in [0.2, 0.25) is 0 Å². The van der Waals surface area contributed by atoms with Gasteiger partial charge >= 0.3 is 0 Å². The Morgan fingerprint density at radius 3 is 2.55 bits per heavy atom. The molecule has 0 saturated carbocycles. The molecule has 2 aliphatic rings. The fourth-order valence-electron chi connectivity index (χ4n) is 3.58. The van der Waals surface area contributed by atoms with Gasteiger partial charge in [-0.15, -0.1) is 0 Å². The maximum Gasteiger partial charge on any atom is 0.128 e. The molecule has 0 bridgehead atoms. The van der Waals surface area contributed by atoms with Gasteiger partial charge in [-0.25, -0.2) is 4.39 Å². The third kappa shape index (κ3) is 1.68. The summed E-state index contributed by atoms with van der Waals surface area (Å²) in [5.41, 5.74) is 3.24. The first-order valence-electron chi connectivity index (χ1n) is 7.11. The molecule has 1 aliphatic carbocycles. The molecule has 1 aliphatic heterocycles. The Kier molecular flexibility index (Phi) is 2.62. The van der Waals surface area contributed by atoms with E-state index >= 15 is 0 Å². The zero-order valence-electron chi connectivity index (χ0n) is 11.1. The van der Waals surface area contributed by atoms with Gasteiger partial charge in [0.1, 0.15) is 5.82 Å². The van der Waals surface area contributed by atoms with Gasteiger partial charge in [0.15, 0.2) is 0 Å². The molecular weight excluding hydrogens is 249 g/mol. The van der Waals surface area contributed by atoms with Crippen LogP contribution in [0.3, 0.4) is 0 Å². The molecule has 0 radical (unpaired) electrons. The van der Waals surface area contributed by atoms with Crippen molar-refractivity contribution in [1.29, 1.82) is 0 Å². The number of hydrogen-bond acceptors (Lipinski definition) is 1. The van der Waals surface area contributed by atoms with E-state index in [1.54, 1.807) is 12.1 Å². The van der Waals surface area contributed by atoms with Crippen LogP contribution in [0.1, 0.15) is 29.5 Å². The van der Waals surface area contributed by atoms with Crippen LogP contribution in [0.5, 0.6) is 0 Å². The molecule has 0 spiro atoms. The van der Waals surface area contributed by atoms with E-state index < -0.39 is 0 Å². The molecule has 1 heterocycles. The Bertz CT molecular complexity index is 677. The summed E-state index contributed by atoms with van der Waals surface area (Å²) in [6, 6.07) is 15.5. The number of nitrogens with one attached hydrogen (secondary N) is 1. The third-order valence-corrected chi connectivity index (χ3v) is 4.51. The summed E-state index contributed by atoms with van der Waals surface area (Å²) in [5.74, 6) is 0.689. The Morgan fingerprint density at radius 2 is 1.70 bits per heavy atom. The topological polar surface area (TPSA) is 12.0 Å². The summed E-state index contributed by atoms with van der Waals surface area (Å²) >= 11 is 0. The Balaban J connectivity index is 1.82. The van der Waals surface area contributed by atoms with Gasteiger partial charge in [0.25, 0.3) is 0 Å². The Hall–Kier alpha value is -2.09. The first kappa shape index (κ1) is 11.7. The molecular formula is C18H16FN. The first-order valence-corrected chi connectivity index (χ1v) is 7.11. The molecule has 0 unspecified atom stereocenters. The minimum atomic E-state index is -0.116. The molecule has 20 heavy (non-hydrogen) atoms. The van der Waals surface area contributed by atoms with Crippen molar-refractivity contribution in [3.8, 4) is 0 Å². The van der Waals surface area contributed by atoms with Crippen molar-refractivity contribution in [2.75, 3.05) is 5.32 Å². The summed E-state index contributed by atoms with van der Waals surface area (Å²) in [5, 5.41) is 3.55. The second kappa shape index (κ2) is 4.48. The second-order valence-corrected chi connectivity index (χ2v) is 5.58. The van der Waals surface area contributed by atoms with Crippen LogP contribution >= 0.6 is 0 Å². The van der Waals surface area contributed by atoms with Crippen LogP contribution in [0.15, 0.2) is 60.7 Å². The van der Waals surface area contributed by atoms with Crippen molar-refractivity contribution in [3.05, 3.63) is 77.6 Å². The standard InChI is InChI=1S/C18H16FN/c19-16-10-3-1-7-15(16)18-14-9-5-8-12(14)13-6-2-4-11-17(13)20-18/h1-8,10-12,14,18,20H,9H2/t12-,14-,18+/m1/s1. The molecule has 0 fully saturated rings. The van der Waals surface area contributed by atoms with Gasteiger partial charge in [0.05, 0.1) is 6.04 Å². The smallest absolute Gasteiger partial charge is 0.128 e. The molecule has 1 nitrogen and oxygen atoms in total. The van der Waals surface area contributed by atoms with E-state index in [0.29, 0.717) is 11.8 Å². The first-order chi connectivity index (χ1) is 9.84. The molecule has 2 aromatic rings. The molecule has 0 amide bonds. The van der Waals surface area contributed by atoms with Crippen molar-refractivity contribution >= 4 is 5.69 Å². The van der Waals surface area contributed by atoms with E-state index in [2.05, 4.69) is 35.7 Å². The van der Waals surface area contributed by atoms with E-state index in [-0.39, 0.29) is 11.9 Å². The highest BCUT2D eigenvalue weighted by Crippen LogP contribution is 2.49. The van der Waals surface area contributed by atoms with Gasteiger partial charge in [0, 0.05) is 17.2 Å². The van der Waals surface area contributed by atoms with Crippen LogP contribution in [-0.2, 0) is 0 Å². The lowest BCUT2D eigenvalue weighted by Crippen LogP contribution is -2.29. The highest BCUT2D eigenvalue weighted by atomic mass is 19.1. The lowest BCUT2D eigenvalue weighted by atomic mass is 9.77. The zero-order chi connectivity index (χ0) is 13.5. The van der Waals surface area contributed by atoms with Crippen LogP contribution in [0.4, 0.5) is 10.1 Å². The Morgan fingerprint density at radius 1 is 0.950 bits per heavy atom. The van der Waals surface area contributed by atoms with Gasteiger partial charge in [-0.1, -0.05) is 48.6 Å². The summed E-state index contributed by atoms with van der Waals surface area (Å²) in [7, 11) is 0. The molecule has 0 saturated heterocycles. The number of hydrogen-bond donors (Lipinski definition) is 1. The SMILES string of the molecule is Fc1ccccc1[C@H]1Nc2ccccc2[C@H]2C=CC[C@H]21. The van der Waals surface area contributed by atoms with Gasteiger partial charge in [-0.05, 0) is 30.0 Å². The fraction of sp³-hybridized carbons (Fsp3) is 0.222. The quantitative estimate of drug-likeness (QED) is 0.740. The summed E-state index contributed by atoms with van der Waals surface area (Å²) < 4.78 is 14.1. The lowest BCUT2D eigenvalue weighted by molar-refractivity contribution is 0.413. The molecule has 1 N–H and O–H groups in total. The molecule has 2 aromatic carbocycles. The van der Waals surface area contributed by atoms with E-state index in [4.69, 9.17) is 0 Å². The highest BCUT2D eigenvalue weighted by molar-refractivity contribution is 5.59. The minimum Gasteiger partial charge on any atom is -0.378 e. The predicted octanol–water partition coefficient (Wildman–Crippen LogP) is 4.65. The average molecular weight is 265 g/mol. The molecule has 2 heteroatoms. The van der Waals surface area contributed by atoms with E-state index in [1.807, 2.05) is 18.2 Å². The van der Waals surface area contributed by atoms with Crippen molar-refractivity contribution in [1.82, 2.24) is 0 Å². The fourth-order valence-corrected chi connectivity index (χ4v) is 3.58. The van der Waals surface area contributed by atoms with Crippen molar-refractivity contribution in [3.63, 3.8) is 0 Å². The van der Waals surface area contributed by atoms with Gasteiger partial charge < -0.3 is 5.32 Å². The normalized spacial score (nSPS) is 26.8. The van der Waals surface area contributed by atoms with Crippen molar-refractivity contribution < 1.29 is 4.39 Å². The number of allylic oxidation sites excluding steroid dienone is 2. The molecule has 4 rings (SSSR count). The molecule has 0 aromatic heterocycles. The number of para-hydroxylation sites is 1. The number of fused-ring (bicyclic) bond motifs is 3. The van der Waals surface area contributed by atoms with E-state index in [9.17, 15) is 4.39 Å². The predicted molar refractivity (Wildman–Crippen MR) is 79.2 cm³/mol. The largest absolute Gasteiger partial charge is 0.378 e. The molecule has 3 atom stereocenters. The zero-order valence-corrected chi connectivity index (χ0v) is 11.1. The van der Waals surface area contributed by atoms with Crippen LogP contribution in [-0.4, -0.2) is 0 Å². The summed E-state index contributed by atoms with van der Waals surface area (Å²) in [4.78, 5) is 0. The number of benzene rings is 2. The third-order valence-electron chi connectivity index (χ3n) is 4.51. The number of rotatable bonds is 1. The summed E-state index contributed by atoms with van der Waals surface area (Å²) in [6.45, 7) is 0. The lowest BCUT2D eigenvalue weighted by Gasteiger charge is -2.37. The van der Waals surface area contributed by atoms with Gasteiger partial charge in [-0.2, -0.15) is 0 Å². The maximum atomic E-state index is 14.1. The van der Waals surface area contributed by atoms with E-state index in [1.165, 1.54) is 5.56 Å². The maximum absolute atomic E-state index is 14.1. The highest BCUT2D eigenvalue weighted by Gasteiger charge is 2.38. The second-order valence-electron chi connectivity index (χ2n) is 5.58. The number of halogens is 1. The molecule has 100 valence electrons. The van der Waals surface area contributed by atoms with E-state index in [0.717, 1.165) is 17.7 Å². The van der Waals surface area contributed by atoms with Gasteiger partial charge in [0.2, 0.25) is 0 Å². The van der Waals surface area contributed by atoms with Crippen LogP contribution in [0, 0.1) is 11.7 Å². The summed E-state index contributed by atoms with van der Waals surface area (Å²) in [6.07, 6.45) is 5.51. The van der Waals surface area contributed by atoms with Gasteiger partial charge in [-0.3, -0.25) is 0 Å². The van der Waals surface area contributed by atoms with Crippen LogP contribution in [0.25, 0.3) is 0 Å². The Labute approximate surface area is 118 Å².